The minimum Gasteiger partial charge on any atom is -0.497 e. The van der Waals surface area contributed by atoms with Gasteiger partial charge in [-0.1, -0.05) is 13.8 Å². The molecule has 1 aliphatic rings. The van der Waals surface area contributed by atoms with E-state index in [1.807, 2.05) is 44.2 Å². The number of carbonyl (C=O) groups is 1. The minimum absolute atomic E-state index is 0.177. The summed E-state index contributed by atoms with van der Waals surface area (Å²) in [4.78, 5) is 16.1. The number of hydrogen-bond acceptors (Lipinski definition) is 6. The second kappa shape index (κ2) is 11.1. The van der Waals surface area contributed by atoms with E-state index in [0.29, 0.717) is 18.8 Å². The van der Waals surface area contributed by atoms with Gasteiger partial charge < -0.3 is 15.0 Å². The Balaban J connectivity index is 1.80. The van der Waals surface area contributed by atoms with E-state index < -0.39 is 10.0 Å². The Labute approximate surface area is 195 Å². The molecule has 0 unspecified atom stereocenters. The number of anilines is 2. The molecular formula is C23H31N3O4S2. The first-order valence-corrected chi connectivity index (χ1v) is 13.3. The fourth-order valence-corrected chi connectivity index (χ4v) is 5.91. The molecule has 0 aromatic heterocycles. The summed E-state index contributed by atoms with van der Waals surface area (Å²) in [6.07, 6.45) is 2.17. The van der Waals surface area contributed by atoms with Crippen molar-refractivity contribution in [2.75, 3.05) is 49.3 Å². The predicted molar refractivity (Wildman–Crippen MR) is 130 cm³/mol. The van der Waals surface area contributed by atoms with Crippen molar-refractivity contribution < 1.29 is 17.9 Å². The Morgan fingerprint density at radius 3 is 2.34 bits per heavy atom. The van der Waals surface area contributed by atoms with Crippen LogP contribution < -0.4 is 15.0 Å². The van der Waals surface area contributed by atoms with Crippen molar-refractivity contribution in [3.63, 3.8) is 0 Å². The summed E-state index contributed by atoms with van der Waals surface area (Å²) >= 11 is 1.42. The Morgan fingerprint density at radius 2 is 1.75 bits per heavy atom. The summed E-state index contributed by atoms with van der Waals surface area (Å²) in [7, 11) is -2.00. The van der Waals surface area contributed by atoms with E-state index >= 15 is 0 Å². The van der Waals surface area contributed by atoms with Crippen LogP contribution >= 0.6 is 11.8 Å². The van der Waals surface area contributed by atoms with Crippen LogP contribution in [0.25, 0.3) is 0 Å². The highest BCUT2D eigenvalue weighted by atomic mass is 32.2. The average molecular weight is 478 g/mol. The lowest BCUT2D eigenvalue weighted by Crippen LogP contribution is -2.31. The molecule has 0 radical (unpaired) electrons. The fourth-order valence-electron chi connectivity index (χ4n) is 3.73. The summed E-state index contributed by atoms with van der Waals surface area (Å²) < 4.78 is 32.6. The lowest BCUT2D eigenvalue weighted by Gasteiger charge is -2.24. The van der Waals surface area contributed by atoms with Gasteiger partial charge in [-0.15, -0.1) is 11.8 Å². The van der Waals surface area contributed by atoms with Gasteiger partial charge in [0.1, 0.15) is 5.75 Å². The van der Waals surface area contributed by atoms with Crippen LogP contribution in [-0.4, -0.2) is 57.7 Å². The van der Waals surface area contributed by atoms with Gasteiger partial charge in [0.05, 0.1) is 29.1 Å². The average Bonchev–Trinajstić information content (AvgIpc) is 3.33. The van der Waals surface area contributed by atoms with Crippen molar-refractivity contribution in [1.29, 1.82) is 0 Å². The first-order valence-electron chi connectivity index (χ1n) is 10.8. The van der Waals surface area contributed by atoms with E-state index in [9.17, 15) is 13.2 Å². The van der Waals surface area contributed by atoms with Gasteiger partial charge in [-0.05, 0) is 55.3 Å². The highest BCUT2D eigenvalue weighted by Gasteiger charge is 2.25. The van der Waals surface area contributed by atoms with Gasteiger partial charge in [0.2, 0.25) is 15.9 Å². The maximum Gasteiger partial charge on any atom is 0.243 e. The third-order valence-corrected chi connectivity index (χ3v) is 8.52. The highest BCUT2D eigenvalue weighted by molar-refractivity contribution is 8.00. The van der Waals surface area contributed by atoms with Gasteiger partial charge in [-0.25, -0.2) is 8.42 Å². The molecule has 7 nitrogen and oxygen atoms in total. The molecule has 2 aromatic carbocycles. The maximum atomic E-state index is 13.0. The van der Waals surface area contributed by atoms with Crippen molar-refractivity contribution >= 4 is 39.1 Å². The Kier molecular flexibility index (Phi) is 8.44. The van der Waals surface area contributed by atoms with E-state index in [0.717, 1.165) is 42.3 Å². The number of hydrogen-bond donors (Lipinski definition) is 1. The number of rotatable bonds is 10. The Hall–Kier alpha value is -2.23. The molecule has 1 saturated heterocycles. The monoisotopic (exact) mass is 477 g/mol. The Morgan fingerprint density at radius 1 is 1.09 bits per heavy atom. The van der Waals surface area contributed by atoms with Crippen LogP contribution in [0.5, 0.6) is 5.75 Å². The number of amides is 1. The first kappa shape index (κ1) is 24.4. The second-order valence-electron chi connectivity index (χ2n) is 7.47. The minimum atomic E-state index is -3.62. The summed E-state index contributed by atoms with van der Waals surface area (Å²) in [5, 5.41) is 2.96. The lowest BCUT2D eigenvalue weighted by molar-refractivity contribution is -0.113. The standard InChI is InChI=1S/C23H31N3O4S2/c1-4-26(5-2)32(28,29)20-12-13-22(25-14-6-7-15-25)21(16-20)24-23(27)17-31-19-10-8-18(30-3)9-11-19/h8-13,16H,4-7,14-15,17H2,1-3H3,(H,24,27). The van der Waals surface area contributed by atoms with Crippen LogP contribution in [0, 0.1) is 0 Å². The number of ether oxygens (including phenoxy) is 1. The molecule has 3 rings (SSSR count). The summed E-state index contributed by atoms with van der Waals surface area (Å²) in [6.45, 7) is 6.22. The van der Waals surface area contributed by atoms with Crippen molar-refractivity contribution in [3.05, 3.63) is 42.5 Å². The molecule has 1 fully saturated rings. The molecular weight excluding hydrogens is 446 g/mol. The SMILES string of the molecule is CCN(CC)S(=O)(=O)c1ccc(N2CCCC2)c(NC(=O)CSc2ccc(OC)cc2)c1. The normalized spacial score (nSPS) is 14.1. The van der Waals surface area contributed by atoms with Gasteiger partial charge in [-0.3, -0.25) is 4.79 Å². The summed E-state index contributed by atoms with van der Waals surface area (Å²) in [5.41, 5.74) is 1.41. The lowest BCUT2D eigenvalue weighted by atomic mass is 10.2. The second-order valence-corrected chi connectivity index (χ2v) is 10.5. The predicted octanol–water partition coefficient (Wildman–Crippen LogP) is 4.06. The zero-order valence-electron chi connectivity index (χ0n) is 18.8. The van der Waals surface area contributed by atoms with Crippen LogP contribution in [0.15, 0.2) is 52.3 Å². The van der Waals surface area contributed by atoms with Crippen LogP contribution in [0.2, 0.25) is 0 Å². The molecule has 9 heteroatoms. The molecule has 1 N–H and O–H groups in total. The molecule has 2 aromatic rings. The van der Waals surface area contributed by atoms with Gasteiger partial charge in [0.25, 0.3) is 0 Å². The van der Waals surface area contributed by atoms with Gasteiger partial charge >= 0.3 is 0 Å². The van der Waals surface area contributed by atoms with Crippen LogP contribution in [0.4, 0.5) is 11.4 Å². The van der Waals surface area contributed by atoms with Crippen LogP contribution in [0.1, 0.15) is 26.7 Å². The van der Waals surface area contributed by atoms with Crippen LogP contribution in [-0.2, 0) is 14.8 Å². The first-order chi connectivity index (χ1) is 15.4. The van der Waals surface area contributed by atoms with Gasteiger partial charge in [-0.2, -0.15) is 4.31 Å². The molecule has 0 atom stereocenters. The molecule has 1 heterocycles. The molecule has 0 spiro atoms. The van der Waals surface area contributed by atoms with Crippen molar-refractivity contribution in [1.82, 2.24) is 4.31 Å². The van der Waals surface area contributed by atoms with Crippen LogP contribution in [0.3, 0.4) is 0 Å². The number of nitrogens with one attached hydrogen (secondary N) is 1. The zero-order chi connectivity index (χ0) is 23.1. The fraction of sp³-hybridized carbons (Fsp3) is 0.435. The van der Waals surface area contributed by atoms with Crippen molar-refractivity contribution in [2.24, 2.45) is 0 Å². The van der Waals surface area contributed by atoms with E-state index in [-0.39, 0.29) is 16.6 Å². The number of sulfonamides is 1. The number of carbonyl (C=O) groups excluding carboxylic acids is 1. The largest absolute Gasteiger partial charge is 0.497 e. The quantitative estimate of drug-likeness (QED) is 0.520. The Bertz CT molecular complexity index is 1020. The van der Waals surface area contributed by atoms with Gasteiger partial charge in [0.15, 0.2) is 0 Å². The number of thioether (sulfide) groups is 1. The van der Waals surface area contributed by atoms with E-state index in [4.69, 9.17) is 4.74 Å². The molecule has 1 aliphatic heterocycles. The van der Waals surface area contributed by atoms with E-state index in [1.54, 1.807) is 19.2 Å². The van der Waals surface area contributed by atoms with Gasteiger partial charge in [0, 0.05) is 31.1 Å². The number of nitrogens with zero attached hydrogens (tertiary/aromatic N) is 2. The summed E-state index contributed by atoms with van der Waals surface area (Å²) in [6, 6.07) is 12.6. The third-order valence-electron chi connectivity index (χ3n) is 5.46. The molecule has 1 amide bonds. The number of methoxy groups -OCH3 is 1. The molecule has 174 valence electrons. The molecule has 0 aliphatic carbocycles. The molecule has 0 bridgehead atoms. The van der Waals surface area contributed by atoms with E-state index in [1.165, 1.54) is 16.1 Å². The zero-order valence-corrected chi connectivity index (χ0v) is 20.5. The molecule has 32 heavy (non-hydrogen) atoms. The van der Waals surface area contributed by atoms with E-state index in [2.05, 4.69) is 10.2 Å². The highest BCUT2D eigenvalue weighted by Crippen LogP contribution is 2.33. The third kappa shape index (κ3) is 5.76. The topological polar surface area (TPSA) is 79.0 Å². The smallest absolute Gasteiger partial charge is 0.243 e. The maximum absolute atomic E-state index is 13.0. The molecule has 0 saturated carbocycles. The number of benzene rings is 2. The summed E-state index contributed by atoms with van der Waals surface area (Å²) in [5.74, 6) is 0.808. The van der Waals surface area contributed by atoms with Crippen molar-refractivity contribution in [2.45, 2.75) is 36.5 Å². The van der Waals surface area contributed by atoms with Crippen molar-refractivity contribution in [3.8, 4) is 5.75 Å².